The maximum atomic E-state index is 8.59. The maximum Gasteiger partial charge on any atom is 0.225 e. The molecule has 0 aliphatic rings. The topological polar surface area (TPSA) is 64.8 Å². The lowest BCUT2D eigenvalue weighted by molar-refractivity contribution is 0.703. The van der Waals surface area contributed by atoms with Gasteiger partial charge in [-0.3, -0.25) is 0 Å². The van der Waals surface area contributed by atoms with Crippen LogP contribution in [0.4, 0.5) is 5.95 Å². The van der Waals surface area contributed by atoms with Crippen LogP contribution >= 0.6 is 0 Å². The van der Waals surface area contributed by atoms with E-state index in [-0.39, 0.29) is 0 Å². The molecule has 0 saturated heterocycles. The largest absolute Gasteiger partial charge is 0.344 e. The highest BCUT2D eigenvalue weighted by atomic mass is 15.2. The second kappa shape index (κ2) is 6.75. The van der Waals surface area contributed by atoms with Gasteiger partial charge < -0.3 is 10.2 Å². The molecule has 0 amide bonds. The molecule has 0 radical (unpaired) electrons. The molecule has 0 aliphatic heterocycles. The average Bonchev–Trinajstić information content (AvgIpc) is 2.30. The Bertz CT molecular complexity index is 358. The van der Waals surface area contributed by atoms with Crippen molar-refractivity contribution >= 4 is 5.95 Å². The van der Waals surface area contributed by atoms with Crippen molar-refractivity contribution in [2.75, 3.05) is 32.1 Å². The summed E-state index contributed by atoms with van der Waals surface area (Å²) in [5.74, 6) is 0.684. The van der Waals surface area contributed by atoms with Crippen LogP contribution in [0.3, 0.4) is 0 Å². The van der Waals surface area contributed by atoms with Crippen LogP contribution < -0.4 is 10.2 Å². The number of rotatable bonds is 6. The average molecular weight is 219 g/mol. The van der Waals surface area contributed by atoms with E-state index >= 15 is 0 Å². The lowest BCUT2D eigenvalue weighted by Gasteiger charge is -2.16. The van der Waals surface area contributed by atoms with E-state index in [1.807, 2.05) is 19.0 Å². The van der Waals surface area contributed by atoms with E-state index in [4.69, 9.17) is 5.26 Å². The number of nitrogens with zero attached hydrogens (tertiary/aromatic N) is 4. The monoisotopic (exact) mass is 219 g/mol. The number of anilines is 1. The van der Waals surface area contributed by atoms with Gasteiger partial charge >= 0.3 is 0 Å². The van der Waals surface area contributed by atoms with E-state index in [2.05, 4.69) is 21.4 Å². The van der Waals surface area contributed by atoms with Crippen molar-refractivity contribution in [2.24, 2.45) is 0 Å². The fourth-order valence-electron chi connectivity index (χ4n) is 1.34. The number of nitrogens with one attached hydrogen (secondary N) is 1. The summed E-state index contributed by atoms with van der Waals surface area (Å²) in [5.41, 5.74) is 0.771. The molecule has 0 atom stereocenters. The van der Waals surface area contributed by atoms with Crippen molar-refractivity contribution in [1.82, 2.24) is 15.3 Å². The first-order chi connectivity index (χ1) is 7.77. The van der Waals surface area contributed by atoms with E-state index in [9.17, 15) is 0 Å². The van der Waals surface area contributed by atoms with Crippen molar-refractivity contribution < 1.29 is 0 Å². The Labute approximate surface area is 96.1 Å². The molecule has 0 aliphatic carbocycles. The minimum absolute atomic E-state index is 0.333. The summed E-state index contributed by atoms with van der Waals surface area (Å²) >= 11 is 0. The molecule has 1 rings (SSSR count). The molecule has 1 heterocycles. The number of hydrogen-bond donors (Lipinski definition) is 1. The van der Waals surface area contributed by atoms with Crippen LogP contribution in [0.25, 0.3) is 0 Å². The molecule has 5 heteroatoms. The summed E-state index contributed by atoms with van der Waals surface area (Å²) < 4.78 is 0. The van der Waals surface area contributed by atoms with Gasteiger partial charge in [0.15, 0.2) is 0 Å². The molecule has 16 heavy (non-hydrogen) atoms. The lowest BCUT2D eigenvalue weighted by Crippen LogP contribution is -2.24. The Morgan fingerprint density at radius 3 is 3.06 bits per heavy atom. The molecule has 0 unspecified atom stereocenters. The van der Waals surface area contributed by atoms with Gasteiger partial charge in [0.1, 0.15) is 0 Å². The first-order valence-corrected chi connectivity index (χ1v) is 5.32. The third kappa shape index (κ3) is 3.83. The molecule has 0 bridgehead atoms. The molecule has 1 aromatic rings. The molecular formula is C11H17N5. The molecule has 86 valence electrons. The minimum Gasteiger partial charge on any atom is -0.344 e. The summed E-state index contributed by atoms with van der Waals surface area (Å²) in [6.07, 6.45) is 3.07. The minimum atomic E-state index is 0.333. The predicted octanol–water partition coefficient (Wildman–Crippen LogP) is 0.588. The predicted molar refractivity (Wildman–Crippen MR) is 63.2 cm³/mol. The number of hydrogen-bond acceptors (Lipinski definition) is 5. The number of aromatic nitrogens is 2. The molecule has 1 N–H and O–H groups in total. The standard InChI is InChI=1S/C11H17N5/c1-13-7-3-9-16(2)11-14-8-5-10(15-11)4-6-12/h5,8,13H,3-4,7,9H2,1-2H3. The van der Waals surface area contributed by atoms with E-state index in [0.29, 0.717) is 12.4 Å². The Morgan fingerprint density at radius 2 is 2.38 bits per heavy atom. The van der Waals surface area contributed by atoms with Crippen molar-refractivity contribution in [1.29, 1.82) is 5.26 Å². The lowest BCUT2D eigenvalue weighted by atomic mass is 10.3. The molecule has 0 fully saturated rings. The third-order valence-corrected chi connectivity index (χ3v) is 2.22. The summed E-state index contributed by atoms with van der Waals surface area (Å²) in [6.45, 7) is 1.87. The summed E-state index contributed by atoms with van der Waals surface area (Å²) in [6, 6.07) is 3.86. The summed E-state index contributed by atoms with van der Waals surface area (Å²) in [5, 5.41) is 11.7. The molecule has 1 aromatic heterocycles. The van der Waals surface area contributed by atoms with Gasteiger partial charge in [-0.2, -0.15) is 5.26 Å². The van der Waals surface area contributed by atoms with E-state index < -0.39 is 0 Å². The Morgan fingerprint density at radius 1 is 1.56 bits per heavy atom. The third-order valence-electron chi connectivity index (χ3n) is 2.22. The Balaban J connectivity index is 2.57. The molecule has 0 aromatic carbocycles. The first-order valence-electron chi connectivity index (χ1n) is 5.32. The highest BCUT2D eigenvalue weighted by Crippen LogP contribution is 2.06. The van der Waals surface area contributed by atoms with Gasteiger partial charge in [0, 0.05) is 19.8 Å². The van der Waals surface area contributed by atoms with Gasteiger partial charge in [-0.25, -0.2) is 9.97 Å². The van der Waals surface area contributed by atoms with Crippen LogP contribution in [0.1, 0.15) is 12.1 Å². The smallest absolute Gasteiger partial charge is 0.225 e. The second-order valence-corrected chi connectivity index (χ2v) is 3.56. The number of nitriles is 1. The summed E-state index contributed by atoms with van der Waals surface area (Å²) in [4.78, 5) is 10.5. The quantitative estimate of drug-likeness (QED) is 0.709. The van der Waals surface area contributed by atoms with Crippen molar-refractivity contribution in [3.8, 4) is 6.07 Å². The molecule has 0 spiro atoms. The van der Waals surface area contributed by atoms with Gasteiger partial charge in [-0.15, -0.1) is 0 Å². The fraction of sp³-hybridized carbons (Fsp3) is 0.545. The van der Waals surface area contributed by atoms with Gasteiger partial charge in [0.05, 0.1) is 18.2 Å². The van der Waals surface area contributed by atoms with Crippen molar-refractivity contribution in [2.45, 2.75) is 12.8 Å². The van der Waals surface area contributed by atoms with E-state index in [1.54, 1.807) is 12.3 Å². The van der Waals surface area contributed by atoms with E-state index in [0.717, 1.165) is 25.2 Å². The highest BCUT2D eigenvalue weighted by Gasteiger charge is 2.04. The van der Waals surface area contributed by atoms with Crippen molar-refractivity contribution in [3.63, 3.8) is 0 Å². The molecule has 0 saturated carbocycles. The van der Waals surface area contributed by atoms with Gasteiger partial charge in [-0.1, -0.05) is 0 Å². The van der Waals surface area contributed by atoms with Crippen LogP contribution in [0.2, 0.25) is 0 Å². The maximum absolute atomic E-state index is 8.59. The molecule has 5 nitrogen and oxygen atoms in total. The molecular weight excluding hydrogens is 202 g/mol. The second-order valence-electron chi connectivity index (χ2n) is 3.56. The Kier molecular flexibility index (Phi) is 5.23. The normalized spacial score (nSPS) is 9.81. The Hall–Kier alpha value is -1.67. The van der Waals surface area contributed by atoms with Crippen LogP contribution in [-0.4, -0.2) is 37.2 Å². The summed E-state index contributed by atoms with van der Waals surface area (Å²) in [7, 11) is 3.89. The van der Waals surface area contributed by atoms with Crippen LogP contribution in [0, 0.1) is 11.3 Å². The first kappa shape index (κ1) is 12.4. The van der Waals surface area contributed by atoms with Gasteiger partial charge in [0.2, 0.25) is 5.95 Å². The van der Waals surface area contributed by atoms with E-state index in [1.165, 1.54) is 0 Å². The zero-order valence-corrected chi connectivity index (χ0v) is 9.77. The SMILES string of the molecule is CNCCCN(C)c1nccc(CC#N)n1. The van der Waals surface area contributed by atoms with Crippen LogP contribution in [0.5, 0.6) is 0 Å². The van der Waals surface area contributed by atoms with Crippen LogP contribution in [-0.2, 0) is 6.42 Å². The van der Waals surface area contributed by atoms with Crippen molar-refractivity contribution in [3.05, 3.63) is 18.0 Å². The van der Waals surface area contributed by atoms with Gasteiger partial charge in [0.25, 0.3) is 0 Å². The zero-order chi connectivity index (χ0) is 11.8. The van der Waals surface area contributed by atoms with Gasteiger partial charge in [-0.05, 0) is 26.1 Å². The fourth-order valence-corrected chi connectivity index (χ4v) is 1.34. The zero-order valence-electron chi connectivity index (χ0n) is 9.77. The highest BCUT2D eigenvalue weighted by molar-refractivity contribution is 5.29. The van der Waals surface area contributed by atoms with Crippen LogP contribution in [0.15, 0.2) is 12.3 Å².